The number of carbonyl (C=O) groups is 1. The van der Waals surface area contributed by atoms with E-state index in [2.05, 4.69) is 24.5 Å². The molecule has 0 bridgehead atoms. The van der Waals surface area contributed by atoms with Gasteiger partial charge in [-0.3, -0.25) is 10.1 Å². The molecule has 1 unspecified atom stereocenters. The second kappa shape index (κ2) is 6.08. The monoisotopic (exact) mass is 214 g/mol. The van der Waals surface area contributed by atoms with Gasteiger partial charge in [0.05, 0.1) is 25.3 Å². The number of nitrogens with one attached hydrogen (secondary N) is 2. The van der Waals surface area contributed by atoms with E-state index >= 15 is 0 Å². The Morgan fingerprint density at radius 3 is 2.53 bits per heavy atom. The zero-order valence-corrected chi connectivity index (χ0v) is 9.88. The van der Waals surface area contributed by atoms with Crippen LogP contribution in [0, 0.1) is 5.92 Å². The lowest BCUT2D eigenvalue weighted by atomic mass is 10.1. The highest BCUT2D eigenvalue weighted by atomic mass is 16.5. The molecule has 0 aromatic carbocycles. The van der Waals surface area contributed by atoms with Crippen molar-refractivity contribution in [3.05, 3.63) is 0 Å². The first-order chi connectivity index (χ1) is 7.09. The van der Waals surface area contributed by atoms with Crippen LogP contribution in [-0.4, -0.2) is 37.7 Å². The van der Waals surface area contributed by atoms with E-state index in [9.17, 15) is 4.79 Å². The summed E-state index contributed by atoms with van der Waals surface area (Å²) in [5, 5.41) is 6.14. The van der Waals surface area contributed by atoms with Crippen molar-refractivity contribution < 1.29 is 9.53 Å². The third-order valence-electron chi connectivity index (χ3n) is 2.54. The van der Waals surface area contributed by atoms with Gasteiger partial charge in [0, 0.05) is 6.54 Å². The van der Waals surface area contributed by atoms with Crippen LogP contribution in [0.15, 0.2) is 0 Å². The zero-order valence-electron chi connectivity index (χ0n) is 9.88. The molecule has 1 aliphatic rings. The highest BCUT2D eigenvalue weighted by Crippen LogP contribution is 2.01. The molecular weight excluding hydrogens is 192 g/mol. The standard InChI is InChI=1S/C11H22N2O2/c1-8(2)4-5-12-11(14)9(3)13-10-6-15-7-10/h8-10,13H,4-7H2,1-3H3,(H,12,14). The third-order valence-corrected chi connectivity index (χ3v) is 2.54. The molecule has 0 radical (unpaired) electrons. The lowest BCUT2D eigenvalue weighted by molar-refractivity contribution is -0.123. The molecule has 0 spiro atoms. The van der Waals surface area contributed by atoms with Gasteiger partial charge in [0.2, 0.25) is 5.91 Å². The normalized spacial score (nSPS) is 18.7. The van der Waals surface area contributed by atoms with Crippen molar-refractivity contribution in [2.45, 2.75) is 39.3 Å². The van der Waals surface area contributed by atoms with Crippen molar-refractivity contribution in [3.8, 4) is 0 Å². The van der Waals surface area contributed by atoms with Gasteiger partial charge in [0.25, 0.3) is 0 Å². The molecule has 0 aromatic rings. The highest BCUT2D eigenvalue weighted by Gasteiger charge is 2.22. The van der Waals surface area contributed by atoms with Gasteiger partial charge in [-0.1, -0.05) is 13.8 Å². The Morgan fingerprint density at radius 1 is 1.40 bits per heavy atom. The molecule has 1 heterocycles. The number of carbonyl (C=O) groups excluding carboxylic acids is 1. The van der Waals surface area contributed by atoms with Crippen LogP contribution >= 0.6 is 0 Å². The molecule has 4 heteroatoms. The van der Waals surface area contributed by atoms with Crippen LogP contribution in [0.5, 0.6) is 0 Å². The van der Waals surface area contributed by atoms with Crippen molar-refractivity contribution in [1.29, 1.82) is 0 Å². The van der Waals surface area contributed by atoms with E-state index in [4.69, 9.17) is 4.74 Å². The number of hydrogen-bond donors (Lipinski definition) is 2. The van der Waals surface area contributed by atoms with E-state index in [1.807, 2.05) is 6.92 Å². The second-order valence-corrected chi connectivity index (χ2v) is 4.60. The molecule has 1 fully saturated rings. The minimum atomic E-state index is -0.119. The number of rotatable bonds is 6. The molecule has 1 saturated heterocycles. The Kier molecular flexibility index (Phi) is 5.05. The highest BCUT2D eigenvalue weighted by molar-refractivity contribution is 5.81. The Hall–Kier alpha value is -0.610. The minimum Gasteiger partial charge on any atom is -0.378 e. The first kappa shape index (κ1) is 12.5. The quantitative estimate of drug-likeness (QED) is 0.678. The summed E-state index contributed by atoms with van der Waals surface area (Å²) >= 11 is 0. The van der Waals surface area contributed by atoms with E-state index in [0.29, 0.717) is 12.0 Å². The van der Waals surface area contributed by atoms with Crippen LogP contribution in [0.4, 0.5) is 0 Å². The Bertz CT molecular complexity index is 203. The van der Waals surface area contributed by atoms with E-state index < -0.39 is 0 Å². The molecule has 88 valence electrons. The van der Waals surface area contributed by atoms with Crippen LogP contribution in [0.25, 0.3) is 0 Å². The second-order valence-electron chi connectivity index (χ2n) is 4.60. The Labute approximate surface area is 91.8 Å². The van der Waals surface area contributed by atoms with Gasteiger partial charge in [-0.15, -0.1) is 0 Å². The van der Waals surface area contributed by atoms with Gasteiger partial charge in [0.1, 0.15) is 0 Å². The maximum absolute atomic E-state index is 11.6. The summed E-state index contributed by atoms with van der Waals surface area (Å²) in [6.45, 7) is 8.42. The molecule has 1 amide bonds. The lowest BCUT2D eigenvalue weighted by Gasteiger charge is -2.29. The molecule has 15 heavy (non-hydrogen) atoms. The zero-order chi connectivity index (χ0) is 11.3. The fourth-order valence-corrected chi connectivity index (χ4v) is 1.40. The number of ether oxygens (including phenoxy) is 1. The van der Waals surface area contributed by atoms with Gasteiger partial charge in [-0.05, 0) is 19.3 Å². The van der Waals surface area contributed by atoms with Crippen molar-refractivity contribution >= 4 is 5.91 Å². The van der Waals surface area contributed by atoms with E-state index in [1.165, 1.54) is 0 Å². The maximum atomic E-state index is 11.6. The molecule has 1 atom stereocenters. The van der Waals surface area contributed by atoms with E-state index in [1.54, 1.807) is 0 Å². The molecule has 0 aliphatic carbocycles. The smallest absolute Gasteiger partial charge is 0.236 e. The molecule has 4 nitrogen and oxygen atoms in total. The predicted molar refractivity (Wildman–Crippen MR) is 59.7 cm³/mol. The van der Waals surface area contributed by atoms with E-state index in [-0.39, 0.29) is 11.9 Å². The average Bonchev–Trinajstić information content (AvgIpc) is 2.10. The van der Waals surface area contributed by atoms with Crippen molar-refractivity contribution in [2.75, 3.05) is 19.8 Å². The van der Waals surface area contributed by atoms with Crippen molar-refractivity contribution in [1.82, 2.24) is 10.6 Å². The Balaban J connectivity index is 2.09. The van der Waals surface area contributed by atoms with Gasteiger partial charge in [-0.2, -0.15) is 0 Å². The molecular formula is C11H22N2O2. The fraction of sp³-hybridized carbons (Fsp3) is 0.909. The summed E-state index contributed by atoms with van der Waals surface area (Å²) in [6.07, 6.45) is 1.03. The minimum absolute atomic E-state index is 0.0857. The molecule has 0 saturated carbocycles. The first-order valence-electron chi connectivity index (χ1n) is 5.71. The van der Waals surface area contributed by atoms with Crippen LogP contribution in [-0.2, 0) is 9.53 Å². The first-order valence-corrected chi connectivity index (χ1v) is 5.71. The van der Waals surface area contributed by atoms with Crippen LogP contribution < -0.4 is 10.6 Å². The van der Waals surface area contributed by atoms with Crippen LogP contribution in [0.2, 0.25) is 0 Å². The maximum Gasteiger partial charge on any atom is 0.236 e. The lowest BCUT2D eigenvalue weighted by Crippen LogP contribution is -2.54. The van der Waals surface area contributed by atoms with Crippen LogP contribution in [0.3, 0.4) is 0 Å². The molecule has 0 aromatic heterocycles. The largest absolute Gasteiger partial charge is 0.378 e. The Morgan fingerprint density at radius 2 is 2.07 bits per heavy atom. The molecule has 1 rings (SSSR count). The fourth-order valence-electron chi connectivity index (χ4n) is 1.40. The third kappa shape index (κ3) is 4.62. The SMILES string of the molecule is CC(C)CCNC(=O)C(C)NC1COC1. The molecule has 1 aliphatic heterocycles. The predicted octanol–water partition coefficient (Wildman–Crippen LogP) is 0.526. The van der Waals surface area contributed by atoms with Gasteiger partial charge >= 0.3 is 0 Å². The topological polar surface area (TPSA) is 50.4 Å². The summed E-state index contributed by atoms with van der Waals surface area (Å²) in [5.74, 6) is 0.719. The molecule has 2 N–H and O–H groups in total. The van der Waals surface area contributed by atoms with Crippen LogP contribution in [0.1, 0.15) is 27.2 Å². The number of amides is 1. The number of hydrogen-bond acceptors (Lipinski definition) is 3. The van der Waals surface area contributed by atoms with Crippen molar-refractivity contribution in [3.63, 3.8) is 0 Å². The summed E-state index contributed by atoms with van der Waals surface area (Å²) in [7, 11) is 0. The summed E-state index contributed by atoms with van der Waals surface area (Å²) in [6, 6.07) is 0.238. The van der Waals surface area contributed by atoms with E-state index in [0.717, 1.165) is 26.2 Å². The summed E-state index contributed by atoms with van der Waals surface area (Å²) in [5.41, 5.74) is 0. The summed E-state index contributed by atoms with van der Waals surface area (Å²) < 4.78 is 5.03. The van der Waals surface area contributed by atoms with Crippen molar-refractivity contribution in [2.24, 2.45) is 5.92 Å². The average molecular weight is 214 g/mol. The summed E-state index contributed by atoms with van der Waals surface area (Å²) in [4.78, 5) is 11.6. The van der Waals surface area contributed by atoms with Gasteiger partial charge in [0.15, 0.2) is 0 Å². The van der Waals surface area contributed by atoms with Gasteiger partial charge in [-0.25, -0.2) is 0 Å². The van der Waals surface area contributed by atoms with Gasteiger partial charge < -0.3 is 10.1 Å².